The quantitative estimate of drug-likeness (QED) is 0.745. The van der Waals surface area contributed by atoms with E-state index < -0.39 is 0 Å². The third-order valence-electron chi connectivity index (χ3n) is 5.03. The number of benzene rings is 2. The van der Waals surface area contributed by atoms with Gasteiger partial charge in [0.2, 0.25) is 0 Å². The van der Waals surface area contributed by atoms with Crippen molar-refractivity contribution in [2.24, 2.45) is 0 Å². The van der Waals surface area contributed by atoms with Crippen LogP contribution < -0.4 is 5.32 Å². The summed E-state index contributed by atoms with van der Waals surface area (Å²) in [6.45, 7) is 3.14. The van der Waals surface area contributed by atoms with Gasteiger partial charge in [0.05, 0.1) is 0 Å². The van der Waals surface area contributed by atoms with Gasteiger partial charge in [0.25, 0.3) is 5.91 Å². The zero-order valence-corrected chi connectivity index (χ0v) is 15.0. The predicted octanol–water partition coefficient (Wildman–Crippen LogP) is 4.70. The second-order valence-electron chi connectivity index (χ2n) is 6.76. The molecule has 1 aliphatic heterocycles. The first-order valence-corrected chi connectivity index (χ1v) is 9.29. The Bertz CT molecular complexity index is 908. The Hall–Kier alpha value is -2.88. The van der Waals surface area contributed by atoms with Gasteiger partial charge in [-0.2, -0.15) is 0 Å². The zero-order valence-electron chi connectivity index (χ0n) is 15.0. The van der Waals surface area contributed by atoms with E-state index in [-0.39, 0.29) is 5.91 Å². The normalized spacial score (nSPS) is 13.3. The van der Waals surface area contributed by atoms with Gasteiger partial charge in [-0.1, -0.05) is 19.1 Å². The van der Waals surface area contributed by atoms with E-state index in [1.54, 1.807) is 0 Å². The molecule has 132 valence electrons. The van der Waals surface area contributed by atoms with Crippen LogP contribution in [-0.4, -0.2) is 15.5 Å². The van der Waals surface area contributed by atoms with Gasteiger partial charge in [0, 0.05) is 35.2 Å². The van der Waals surface area contributed by atoms with Crippen molar-refractivity contribution in [3.63, 3.8) is 0 Å². The van der Waals surface area contributed by atoms with Crippen LogP contribution in [0.5, 0.6) is 0 Å². The molecule has 0 radical (unpaired) electrons. The summed E-state index contributed by atoms with van der Waals surface area (Å²) in [7, 11) is 0. The summed E-state index contributed by atoms with van der Waals surface area (Å²) in [4.78, 5) is 17.0. The molecule has 0 spiro atoms. The van der Waals surface area contributed by atoms with E-state index in [1.807, 2.05) is 54.7 Å². The van der Waals surface area contributed by atoms with Crippen molar-refractivity contribution in [1.29, 1.82) is 0 Å². The van der Waals surface area contributed by atoms with Crippen molar-refractivity contribution in [1.82, 2.24) is 9.55 Å². The first kappa shape index (κ1) is 16.6. The van der Waals surface area contributed by atoms with E-state index in [9.17, 15) is 4.79 Å². The topological polar surface area (TPSA) is 46.9 Å². The van der Waals surface area contributed by atoms with Crippen LogP contribution in [0.25, 0.3) is 11.4 Å². The molecule has 0 fully saturated rings. The Morgan fingerprint density at radius 1 is 1.08 bits per heavy atom. The molecule has 0 bridgehead atoms. The molecule has 3 aromatic rings. The monoisotopic (exact) mass is 345 g/mol. The van der Waals surface area contributed by atoms with Gasteiger partial charge in [-0.25, -0.2) is 4.98 Å². The van der Waals surface area contributed by atoms with Crippen LogP contribution in [0.1, 0.15) is 41.4 Å². The number of imidazole rings is 1. The standard InChI is InChI=1S/C22H23N3O/c1-2-16-6-8-18(9-7-16)22(26)24-19-12-10-17(11-13-19)21-23-15-20-5-3-4-14-25(20)21/h6-13,15H,2-5,14H2,1H3,(H,24,26). The molecule has 1 amide bonds. The van der Waals surface area contributed by atoms with Gasteiger partial charge in [0.1, 0.15) is 5.82 Å². The molecule has 0 saturated heterocycles. The number of nitrogens with zero attached hydrogens (tertiary/aromatic N) is 2. The molecule has 4 rings (SSSR count). The van der Waals surface area contributed by atoms with E-state index in [0.29, 0.717) is 5.56 Å². The highest BCUT2D eigenvalue weighted by molar-refractivity contribution is 6.04. The smallest absolute Gasteiger partial charge is 0.255 e. The molecule has 4 heteroatoms. The van der Waals surface area contributed by atoms with E-state index in [4.69, 9.17) is 0 Å². The minimum Gasteiger partial charge on any atom is -0.328 e. The number of rotatable bonds is 4. The van der Waals surface area contributed by atoms with Gasteiger partial charge in [-0.05, 0) is 67.6 Å². The third-order valence-corrected chi connectivity index (χ3v) is 5.03. The lowest BCUT2D eigenvalue weighted by Crippen LogP contribution is -2.12. The first-order chi connectivity index (χ1) is 12.7. The van der Waals surface area contributed by atoms with E-state index in [0.717, 1.165) is 36.5 Å². The molecule has 0 atom stereocenters. The van der Waals surface area contributed by atoms with E-state index in [2.05, 4.69) is 21.8 Å². The largest absolute Gasteiger partial charge is 0.328 e. The lowest BCUT2D eigenvalue weighted by Gasteiger charge is -2.16. The molecule has 1 N–H and O–H groups in total. The Morgan fingerprint density at radius 2 is 1.85 bits per heavy atom. The van der Waals surface area contributed by atoms with Gasteiger partial charge in [0.15, 0.2) is 0 Å². The average molecular weight is 345 g/mol. The van der Waals surface area contributed by atoms with Crippen LogP contribution in [0.4, 0.5) is 5.69 Å². The van der Waals surface area contributed by atoms with Crippen LogP contribution in [-0.2, 0) is 19.4 Å². The summed E-state index contributed by atoms with van der Waals surface area (Å²) in [6.07, 6.45) is 6.53. The summed E-state index contributed by atoms with van der Waals surface area (Å²) in [5, 5.41) is 2.96. The van der Waals surface area contributed by atoms with Crippen LogP contribution in [0.15, 0.2) is 54.7 Å². The van der Waals surface area contributed by atoms with Crippen molar-refractivity contribution in [3.8, 4) is 11.4 Å². The summed E-state index contributed by atoms with van der Waals surface area (Å²) >= 11 is 0. The molecular formula is C22H23N3O. The SMILES string of the molecule is CCc1ccc(C(=O)Nc2ccc(-c3ncc4n3CCCC4)cc2)cc1. The van der Waals surface area contributed by atoms with Gasteiger partial charge < -0.3 is 9.88 Å². The molecular weight excluding hydrogens is 322 g/mol. The molecule has 0 unspecified atom stereocenters. The summed E-state index contributed by atoms with van der Waals surface area (Å²) in [6, 6.07) is 15.7. The highest BCUT2D eigenvalue weighted by Crippen LogP contribution is 2.25. The number of carbonyl (C=O) groups excluding carboxylic acids is 1. The second-order valence-corrected chi connectivity index (χ2v) is 6.76. The Morgan fingerprint density at radius 3 is 2.58 bits per heavy atom. The average Bonchev–Trinajstić information content (AvgIpc) is 3.13. The minimum absolute atomic E-state index is 0.0846. The third kappa shape index (κ3) is 3.27. The maximum atomic E-state index is 12.4. The molecule has 4 nitrogen and oxygen atoms in total. The van der Waals surface area contributed by atoms with Gasteiger partial charge in [-0.3, -0.25) is 4.79 Å². The number of fused-ring (bicyclic) bond motifs is 1. The van der Waals surface area contributed by atoms with E-state index in [1.165, 1.54) is 24.1 Å². The molecule has 0 aliphatic carbocycles. The Balaban J connectivity index is 1.49. The number of hydrogen-bond acceptors (Lipinski definition) is 2. The van der Waals surface area contributed by atoms with E-state index >= 15 is 0 Å². The summed E-state index contributed by atoms with van der Waals surface area (Å²) in [5.74, 6) is 0.936. The number of hydrogen-bond donors (Lipinski definition) is 1. The zero-order chi connectivity index (χ0) is 17.9. The summed E-state index contributed by atoms with van der Waals surface area (Å²) < 4.78 is 2.31. The Labute approximate surface area is 153 Å². The van der Waals surface area contributed by atoms with Crippen molar-refractivity contribution in [2.75, 3.05) is 5.32 Å². The first-order valence-electron chi connectivity index (χ1n) is 9.29. The predicted molar refractivity (Wildman–Crippen MR) is 104 cm³/mol. The number of carbonyl (C=O) groups is 1. The lowest BCUT2D eigenvalue weighted by molar-refractivity contribution is 0.102. The van der Waals surface area contributed by atoms with Crippen molar-refractivity contribution >= 4 is 11.6 Å². The van der Waals surface area contributed by atoms with Crippen LogP contribution in [0, 0.1) is 0 Å². The number of nitrogens with one attached hydrogen (secondary N) is 1. The van der Waals surface area contributed by atoms with Crippen LogP contribution >= 0.6 is 0 Å². The number of anilines is 1. The highest BCUT2D eigenvalue weighted by atomic mass is 16.1. The molecule has 1 aromatic heterocycles. The van der Waals surface area contributed by atoms with Gasteiger partial charge in [-0.15, -0.1) is 0 Å². The van der Waals surface area contributed by atoms with Crippen molar-refractivity contribution < 1.29 is 4.79 Å². The number of amides is 1. The molecule has 26 heavy (non-hydrogen) atoms. The number of aryl methyl sites for hydroxylation is 2. The van der Waals surface area contributed by atoms with Crippen LogP contribution in [0.3, 0.4) is 0 Å². The fourth-order valence-electron chi connectivity index (χ4n) is 3.46. The maximum Gasteiger partial charge on any atom is 0.255 e. The van der Waals surface area contributed by atoms with Crippen molar-refractivity contribution in [3.05, 3.63) is 71.5 Å². The maximum absolute atomic E-state index is 12.4. The second kappa shape index (κ2) is 7.16. The summed E-state index contributed by atoms with van der Waals surface area (Å²) in [5.41, 5.74) is 5.11. The molecule has 0 saturated carbocycles. The molecule has 1 aliphatic rings. The Kier molecular flexibility index (Phi) is 4.57. The fraction of sp³-hybridized carbons (Fsp3) is 0.273. The van der Waals surface area contributed by atoms with Crippen LogP contribution in [0.2, 0.25) is 0 Å². The lowest BCUT2D eigenvalue weighted by atomic mass is 10.1. The van der Waals surface area contributed by atoms with Gasteiger partial charge >= 0.3 is 0 Å². The fourth-order valence-corrected chi connectivity index (χ4v) is 3.46. The highest BCUT2D eigenvalue weighted by Gasteiger charge is 2.15. The minimum atomic E-state index is -0.0846. The number of aromatic nitrogens is 2. The molecule has 2 aromatic carbocycles. The molecule has 2 heterocycles. The van der Waals surface area contributed by atoms with Crippen molar-refractivity contribution in [2.45, 2.75) is 39.2 Å².